The molecule has 0 N–H and O–H groups in total. The number of likely N-dealkylation sites (tertiary alicyclic amines) is 1. The molecule has 0 bridgehead atoms. The van der Waals surface area contributed by atoms with Crippen LogP contribution in [0.3, 0.4) is 0 Å². The van der Waals surface area contributed by atoms with Gasteiger partial charge in [0, 0.05) is 50.2 Å². The number of pyridine rings is 2. The van der Waals surface area contributed by atoms with E-state index in [-0.39, 0.29) is 71.1 Å². The summed E-state index contributed by atoms with van der Waals surface area (Å²) >= 11 is 0. The number of nitrogens with zero attached hydrogens (tertiary/aromatic N) is 4. The maximum Gasteiger partial charge on any atom is 0.417 e. The summed E-state index contributed by atoms with van der Waals surface area (Å²) in [6, 6.07) is 20.4. The van der Waals surface area contributed by atoms with Crippen LogP contribution in [0.5, 0.6) is 0 Å². The molecule has 0 radical (unpaired) electrons. The maximum atomic E-state index is 14.7. The fourth-order valence-electron chi connectivity index (χ4n) is 7.55. The number of benzene rings is 3. The Morgan fingerprint density at radius 3 is 2.33 bits per heavy atom. The van der Waals surface area contributed by atoms with Crippen LogP contribution in [0.2, 0.25) is 0 Å². The number of hydrogen-bond donors (Lipinski definition) is 0. The number of alkyl halides is 3. The van der Waals surface area contributed by atoms with Crippen LogP contribution in [0.25, 0.3) is 22.2 Å². The fraction of sp³-hybridized carbons (Fsp3) is 0.378. The minimum Gasteiger partial charge on any atom is -0.460 e. The Balaban J connectivity index is 1.33. The van der Waals surface area contributed by atoms with Crippen molar-refractivity contribution in [2.75, 3.05) is 19.6 Å². The Bertz CT molecular complexity index is 2320. The third-order valence-corrected chi connectivity index (χ3v) is 10.4. The van der Waals surface area contributed by atoms with E-state index in [0.717, 1.165) is 12.1 Å². The minimum absolute atomic E-state index is 0.0207. The van der Waals surface area contributed by atoms with Crippen molar-refractivity contribution >= 4 is 22.9 Å². The predicted molar refractivity (Wildman–Crippen MR) is 212 cm³/mol. The standard InChI is InChI=1S/C45H47F5N4O4/c1-29(43(57)58-44(2,3)4)26-52-22-19-33(20-23-52)53(27-30-15-18-35(31-10-6-5-7-11-31)37(24-30)45(48,49)50)40(56)28-54-34(17-16-32-12-8-14-38(46)41(32)47)25-39(55)36-13-9-21-51-42(36)54/h5-15,18,21,24-25,29,33H,16-17,19-20,22-23,26-28H2,1-4H3. The molecule has 1 aliphatic heterocycles. The maximum absolute atomic E-state index is 14.7. The van der Waals surface area contributed by atoms with E-state index in [4.69, 9.17) is 4.74 Å². The molecule has 0 aliphatic carbocycles. The van der Waals surface area contributed by atoms with Crippen LogP contribution in [-0.4, -0.2) is 62.5 Å². The van der Waals surface area contributed by atoms with Crippen molar-refractivity contribution in [1.29, 1.82) is 0 Å². The van der Waals surface area contributed by atoms with E-state index < -0.39 is 40.8 Å². The van der Waals surface area contributed by atoms with Crippen LogP contribution in [0, 0.1) is 17.6 Å². The van der Waals surface area contributed by atoms with Gasteiger partial charge in [0.2, 0.25) is 5.91 Å². The summed E-state index contributed by atoms with van der Waals surface area (Å²) in [4.78, 5) is 48.8. The van der Waals surface area contributed by atoms with Gasteiger partial charge in [-0.05, 0) is 93.0 Å². The number of piperidine rings is 1. The summed E-state index contributed by atoms with van der Waals surface area (Å²) < 4.78 is 79.8. The number of amides is 1. The molecule has 8 nitrogen and oxygen atoms in total. The van der Waals surface area contributed by atoms with Crippen LogP contribution in [0.15, 0.2) is 95.9 Å². The third kappa shape index (κ3) is 10.2. The highest BCUT2D eigenvalue weighted by Crippen LogP contribution is 2.38. The summed E-state index contributed by atoms with van der Waals surface area (Å²) in [5.74, 6) is -3.14. The van der Waals surface area contributed by atoms with Crippen LogP contribution in [-0.2, 0) is 46.4 Å². The second kappa shape index (κ2) is 17.6. The molecule has 0 spiro atoms. The van der Waals surface area contributed by atoms with Crippen LogP contribution in [0.4, 0.5) is 22.0 Å². The molecule has 1 amide bonds. The van der Waals surface area contributed by atoms with Gasteiger partial charge >= 0.3 is 12.1 Å². The smallest absolute Gasteiger partial charge is 0.417 e. The zero-order chi connectivity index (χ0) is 41.8. The highest BCUT2D eigenvalue weighted by atomic mass is 19.4. The van der Waals surface area contributed by atoms with E-state index in [9.17, 15) is 36.3 Å². The quantitative estimate of drug-likeness (QED) is 0.0929. The lowest BCUT2D eigenvalue weighted by molar-refractivity contribution is -0.160. The molecular weight excluding hydrogens is 756 g/mol. The Kier molecular flexibility index (Phi) is 12.8. The number of ether oxygens (including phenoxy) is 1. The van der Waals surface area contributed by atoms with Crippen molar-refractivity contribution in [2.24, 2.45) is 5.92 Å². The SMILES string of the molecule is CC(CN1CCC(N(Cc2ccc(-c3ccccc3)c(C(F)(F)F)c2)C(=O)Cn2c(CCc3cccc(F)c3F)cc(=O)c3cccnc32)CC1)C(=O)OC(C)(C)C. The van der Waals surface area contributed by atoms with E-state index in [1.807, 2.05) is 0 Å². The van der Waals surface area contributed by atoms with Gasteiger partial charge in [-0.1, -0.05) is 61.5 Å². The number of hydrogen-bond acceptors (Lipinski definition) is 6. The molecule has 0 saturated carbocycles. The number of esters is 1. The molecule has 1 atom stereocenters. The number of fused-ring (bicyclic) bond motifs is 1. The topological polar surface area (TPSA) is 84.7 Å². The molecule has 3 aromatic carbocycles. The summed E-state index contributed by atoms with van der Waals surface area (Å²) in [6.45, 7) is 8.25. The summed E-state index contributed by atoms with van der Waals surface area (Å²) in [5, 5.41) is 0.251. The highest BCUT2D eigenvalue weighted by Gasteiger charge is 2.35. The number of halogens is 5. The van der Waals surface area contributed by atoms with Crippen molar-refractivity contribution in [3.05, 3.63) is 135 Å². The van der Waals surface area contributed by atoms with E-state index in [1.165, 1.54) is 30.5 Å². The van der Waals surface area contributed by atoms with Gasteiger partial charge in [0.1, 0.15) is 17.8 Å². The number of aryl methyl sites for hydroxylation is 2. The number of rotatable bonds is 12. The summed E-state index contributed by atoms with van der Waals surface area (Å²) in [7, 11) is 0. The second-order valence-corrected chi connectivity index (χ2v) is 15.9. The van der Waals surface area contributed by atoms with Gasteiger partial charge in [0.05, 0.1) is 16.9 Å². The zero-order valence-corrected chi connectivity index (χ0v) is 33.0. The van der Waals surface area contributed by atoms with Crippen molar-refractivity contribution in [2.45, 2.75) is 84.3 Å². The van der Waals surface area contributed by atoms with Gasteiger partial charge in [0.15, 0.2) is 17.1 Å². The Hall–Kier alpha value is -5.43. The number of carbonyl (C=O) groups excluding carboxylic acids is 2. The zero-order valence-electron chi connectivity index (χ0n) is 33.0. The van der Waals surface area contributed by atoms with Crippen LogP contribution < -0.4 is 5.43 Å². The Labute approximate surface area is 334 Å². The van der Waals surface area contributed by atoms with Gasteiger partial charge in [-0.25, -0.2) is 13.8 Å². The average molecular weight is 803 g/mol. The molecule has 13 heteroatoms. The number of aromatic nitrogens is 2. The predicted octanol–water partition coefficient (Wildman–Crippen LogP) is 8.62. The van der Waals surface area contributed by atoms with E-state index in [1.54, 1.807) is 85.7 Å². The average Bonchev–Trinajstić information content (AvgIpc) is 3.18. The van der Waals surface area contributed by atoms with Gasteiger partial charge in [-0.3, -0.25) is 14.4 Å². The lowest BCUT2D eigenvalue weighted by Crippen LogP contribution is -2.49. The van der Waals surface area contributed by atoms with Gasteiger partial charge < -0.3 is 19.1 Å². The molecule has 306 valence electrons. The van der Waals surface area contributed by atoms with Gasteiger partial charge in [-0.2, -0.15) is 13.2 Å². The van der Waals surface area contributed by atoms with Gasteiger partial charge in [0.25, 0.3) is 0 Å². The lowest BCUT2D eigenvalue weighted by atomic mass is 9.96. The molecule has 3 heterocycles. The fourth-order valence-corrected chi connectivity index (χ4v) is 7.55. The highest BCUT2D eigenvalue weighted by molar-refractivity contribution is 5.81. The van der Waals surface area contributed by atoms with E-state index in [2.05, 4.69) is 9.88 Å². The van der Waals surface area contributed by atoms with Crippen molar-refractivity contribution < 1.29 is 36.3 Å². The van der Waals surface area contributed by atoms with Crippen molar-refractivity contribution in [1.82, 2.24) is 19.4 Å². The first-order valence-electron chi connectivity index (χ1n) is 19.4. The molecular formula is C45H47F5N4O4. The van der Waals surface area contributed by atoms with Crippen molar-refractivity contribution in [3.8, 4) is 11.1 Å². The Morgan fingerprint density at radius 2 is 1.64 bits per heavy atom. The largest absolute Gasteiger partial charge is 0.460 e. The van der Waals surface area contributed by atoms with E-state index in [0.29, 0.717) is 43.7 Å². The third-order valence-electron chi connectivity index (χ3n) is 10.4. The molecule has 2 aromatic heterocycles. The molecule has 5 aromatic rings. The first kappa shape index (κ1) is 42.2. The van der Waals surface area contributed by atoms with Crippen LogP contribution in [0.1, 0.15) is 62.9 Å². The minimum atomic E-state index is -4.68. The van der Waals surface area contributed by atoms with Gasteiger partial charge in [-0.15, -0.1) is 0 Å². The second-order valence-electron chi connectivity index (χ2n) is 15.9. The first-order valence-corrected chi connectivity index (χ1v) is 19.4. The first-order chi connectivity index (χ1) is 27.5. The van der Waals surface area contributed by atoms with Crippen molar-refractivity contribution in [3.63, 3.8) is 0 Å². The van der Waals surface area contributed by atoms with E-state index >= 15 is 0 Å². The Morgan fingerprint density at radius 1 is 0.914 bits per heavy atom. The molecule has 6 rings (SSSR count). The molecule has 1 aliphatic rings. The monoisotopic (exact) mass is 802 g/mol. The molecule has 1 fully saturated rings. The molecule has 1 saturated heterocycles. The lowest BCUT2D eigenvalue weighted by Gasteiger charge is -2.39. The van der Waals surface area contributed by atoms with Crippen LogP contribution >= 0.6 is 0 Å². The number of carbonyl (C=O) groups is 2. The molecule has 1 unspecified atom stereocenters. The summed E-state index contributed by atoms with van der Waals surface area (Å²) in [6.07, 6.45) is -2.14. The normalized spacial score (nSPS) is 14.7. The summed E-state index contributed by atoms with van der Waals surface area (Å²) in [5.41, 5.74) is -0.417. The molecule has 58 heavy (non-hydrogen) atoms.